The van der Waals surface area contributed by atoms with Crippen molar-refractivity contribution in [2.45, 2.75) is 70.9 Å². The number of aliphatic hydroxyl groups is 1. The van der Waals surface area contributed by atoms with E-state index in [4.69, 9.17) is 11.6 Å². The van der Waals surface area contributed by atoms with Crippen molar-refractivity contribution in [2.75, 3.05) is 0 Å². The van der Waals surface area contributed by atoms with Gasteiger partial charge in [0.15, 0.2) is 5.78 Å². The van der Waals surface area contributed by atoms with Gasteiger partial charge in [-0.1, -0.05) is 37.8 Å². The predicted molar refractivity (Wildman–Crippen MR) is 79.0 cm³/mol. The van der Waals surface area contributed by atoms with Crippen molar-refractivity contribution in [3.05, 3.63) is 16.4 Å². The van der Waals surface area contributed by atoms with E-state index >= 15 is 0 Å². The van der Waals surface area contributed by atoms with Crippen LogP contribution in [0.3, 0.4) is 0 Å². The van der Waals surface area contributed by atoms with E-state index in [0.29, 0.717) is 24.4 Å². The van der Waals surface area contributed by atoms with E-state index in [0.717, 1.165) is 37.1 Å². The van der Waals surface area contributed by atoms with Crippen molar-refractivity contribution in [1.29, 1.82) is 0 Å². The van der Waals surface area contributed by atoms with Crippen LogP contribution >= 0.6 is 11.6 Å². The second-order valence-electron chi connectivity index (χ2n) is 5.57. The van der Waals surface area contributed by atoms with Crippen molar-refractivity contribution < 1.29 is 9.90 Å². The van der Waals surface area contributed by atoms with Crippen LogP contribution in [0.25, 0.3) is 0 Å². The first-order chi connectivity index (χ1) is 9.51. The molecular formula is C15H23ClN2O2. The normalized spacial score (nSPS) is 18.2. The van der Waals surface area contributed by atoms with Gasteiger partial charge in [-0.3, -0.25) is 9.48 Å². The lowest BCUT2D eigenvalue weighted by atomic mass is 9.80. The Morgan fingerprint density at radius 3 is 2.55 bits per heavy atom. The first-order valence-electron chi connectivity index (χ1n) is 7.51. The van der Waals surface area contributed by atoms with Gasteiger partial charge in [0.05, 0.1) is 22.8 Å². The molecule has 1 aromatic heterocycles. The van der Waals surface area contributed by atoms with E-state index in [9.17, 15) is 9.90 Å². The molecule has 0 spiro atoms. The average molecular weight is 299 g/mol. The Kier molecular flexibility index (Phi) is 4.86. The Bertz CT molecular complexity index is 490. The van der Waals surface area contributed by atoms with E-state index in [-0.39, 0.29) is 12.2 Å². The van der Waals surface area contributed by atoms with Gasteiger partial charge in [-0.15, -0.1) is 0 Å². The summed E-state index contributed by atoms with van der Waals surface area (Å²) < 4.78 is 1.78. The molecule has 1 aliphatic rings. The van der Waals surface area contributed by atoms with Crippen LogP contribution in [0.4, 0.5) is 0 Å². The van der Waals surface area contributed by atoms with Gasteiger partial charge in [-0.25, -0.2) is 0 Å². The highest BCUT2D eigenvalue weighted by Gasteiger charge is 2.37. The number of ketones is 1. The molecular weight excluding hydrogens is 276 g/mol. The fourth-order valence-corrected chi connectivity index (χ4v) is 3.25. The molecule has 1 saturated carbocycles. The molecule has 5 heteroatoms. The molecule has 112 valence electrons. The summed E-state index contributed by atoms with van der Waals surface area (Å²) in [6.45, 7) is 4.65. The molecule has 0 aliphatic heterocycles. The van der Waals surface area contributed by atoms with Gasteiger partial charge in [-0.2, -0.15) is 5.10 Å². The third kappa shape index (κ3) is 2.91. The lowest BCUT2D eigenvalue weighted by Crippen LogP contribution is -2.41. The maximum atomic E-state index is 12.5. The monoisotopic (exact) mass is 298 g/mol. The third-order valence-corrected chi connectivity index (χ3v) is 4.66. The molecule has 0 atom stereocenters. The first-order valence-corrected chi connectivity index (χ1v) is 7.89. The van der Waals surface area contributed by atoms with E-state index in [1.165, 1.54) is 0 Å². The summed E-state index contributed by atoms with van der Waals surface area (Å²) in [6.07, 6.45) is 5.01. The standard InChI is InChI=1S/C15H23ClN2O2/c1-3-11-14(16)12(18(4-2)17-11)10-13(19)15(20)8-6-5-7-9-15/h20H,3-10H2,1-2H3. The molecule has 2 rings (SSSR count). The molecule has 1 fully saturated rings. The quantitative estimate of drug-likeness (QED) is 0.909. The molecule has 0 bridgehead atoms. The molecule has 1 heterocycles. The van der Waals surface area contributed by atoms with Gasteiger partial charge in [0.25, 0.3) is 0 Å². The van der Waals surface area contributed by atoms with E-state index < -0.39 is 5.60 Å². The lowest BCUT2D eigenvalue weighted by molar-refractivity contribution is -0.139. The van der Waals surface area contributed by atoms with Crippen LogP contribution < -0.4 is 0 Å². The molecule has 1 aliphatic carbocycles. The van der Waals surface area contributed by atoms with Crippen molar-refractivity contribution in [2.24, 2.45) is 0 Å². The minimum atomic E-state index is -1.16. The molecule has 20 heavy (non-hydrogen) atoms. The second-order valence-corrected chi connectivity index (χ2v) is 5.95. The molecule has 1 aromatic rings. The zero-order valence-corrected chi connectivity index (χ0v) is 13.0. The summed E-state index contributed by atoms with van der Waals surface area (Å²) in [5.41, 5.74) is 0.415. The molecule has 4 nitrogen and oxygen atoms in total. The number of carbonyl (C=O) groups excluding carboxylic acids is 1. The van der Waals surface area contributed by atoms with Gasteiger partial charge in [-0.05, 0) is 26.2 Å². The molecule has 0 saturated heterocycles. The summed E-state index contributed by atoms with van der Waals surface area (Å²) in [5.74, 6) is -0.114. The van der Waals surface area contributed by atoms with Gasteiger partial charge in [0.2, 0.25) is 0 Å². The predicted octanol–water partition coefficient (Wildman–Crippen LogP) is 2.93. The Hall–Kier alpha value is -0.870. The molecule has 1 N–H and O–H groups in total. The van der Waals surface area contributed by atoms with Crippen LogP contribution in [-0.4, -0.2) is 26.3 Å². The maximum absolute atomic E-state index is 12.5. The highest BCUT2D eigenvalue weighted by Crippen LogP contribution is 2.31. The van der Waals surface area contributed by atoms with Gasteiger partial charge in [0, 0.05) is 6.54 Å². The number of aromatic nitrogens is 2. The van der Waals surface area contributed by atoms with E-state index in [1.54, 1.807) is 4.68 Å². The minimum absolute atomic E-state index is 0.114. The van der Waals surface area contributed by atoms with Crippen LogP contribution in [-0.2, 0) is 24.2 Å². The molecule has 0 radical (unpaired) electrons. The fourth-order valence-electron chi connectivity index (χ4n) is 2.92. The van der Waals surface area contributed by atoms with Gasteiger partial charge in [0.1, 0.15) is 5.60 Å². The van der Waals surface area contributed by atoms with E-state index in [1.807, 2.05) is 13.8 Å². The maximum Gasteiger partial charge on any atom is 0.170 e. The Labute approximate surface area is 125 Å². The van der Waals surface area contributed by atoms with Crippen LogP contribution in [0, 0.1) is 0 Å². The van der Waals surface area contributed by atoms with Crippen LogP contribution in [0.5, 0.6) is 0 Å². The van der Waals surface area contributed by atoms with Gasteiger partial charge < -0.3 is 5.11 Å². The number of rotatable bonds is 5. The SMILES string of the molecule is CCc1nn(CC)c(CC(=O)C2(O)CCCCC2)c1Cl. The van der Waals surface area contributed by atoms with Crippen LogP contribution in [0.15, 0.2) is 0 Å². The highest BCUT2D eigenvalue weighted by atomic mass is 35.5. The summed E-state index contributed by atoms with van der Waals surface area (Å²) in [6, 6.07) is 0. The Morgan fingerprint density at radius 2 is 2.00 bits per heavy atom. The number of Topliss-reactive ketones (excluding diaryl/α,β-unsaturated/α-hetero) is 1. The van der Waals surface area contributed by atoms with Crippen molar-refractivity contribution in [3.63, 3.8) is 0 Å². The number of aryl methyl sites for hydroxylation is 2. The number of halogens is 1. The zero-order chi connectivity index (χ0) is 14.8. The number of nitrogens with zero attached hydrogens (tertiary/aromatic N) is 2. The average Bonchev–Trinajstić information content (AvgIpc) is 2.76. The number of hydrogen-bond acceptors (Lipinski definition) is 3. The Balaban J connectivity index is 2.20. The van der Waals surface area contributed by atoms with Crippen LogP contribution in [0.1, 0.15) is 57.3 Å². The van der Waals surface area contributed by atoms with Crippen molar-refractivity contribution >= 4 is 17.4 Å². The molecule has 0 unspecified atom stereocenters. The largest absolute Gasteiger partial charge is 0.382 e. The number of carbonyl (C=O) groups is 1. The fraction of sp³-hybridized carbons (Fsp3) is 0.733. The first kappa shape index (κ1) is 15.5. The summed E-state index contributed by atoms with van der Waals surface area (Å²) in [7, 11) is 0. The van der Waals surface area contributed by atoms with Crippen molar-refractivity contribution in [3.8, 4) is 0 Å². The lowest BCUT2D eigenvalue weighted by Gasteiger charge is -2.30. The van der Waals surface area contributed by atoms with Crippen LogP contribution in [0.2, 0.25) is 5.02 Å². The molecule has 0 amide bonds. The zero-order valence-electron chi connectivity index (χ0n) is 12.3. The minimum Gasteiger partial charge on any atom is -0.382 e. The summed E-state index contributed by atoms with van der Waals surface area (Å²) >= 11 is 6.32. The van der Waals surface area contributed by atoms with Crippen molar-refractivity contribution in [1.82, 2.24) is 9.78 Å². The summed E-state index contributed by atoms with van der Waals surface area (Å²) in [5, 5.41) is 15.5. The Morgan fingerprint density at radius 1 is 1.35 bits per heavy atom. The summed E-state index contributed by atoms with van der Waals surface area (Å²) in [4.78, 5) is 12.5. The highest BCUT2D eigenvalue weighted by molar-refractivity contribution is 6.32. The number of hydrogen-bond donors (Lipinski definition) is 1. The third-order valence-electron chi connectivity index (χ3n) is 4.22. The molecule has 0 aromatic carbocycles. The smallest absolute Gasteiger partial charge is 0.170 e. The van der Waals surface area contributed by atoms with E-state index in [2.05, 4.69) is 5.10 Å². The van der Waals surface area contributed by atoms with Gasteiger partial charge >= 0.3 is 0 Å². The second kappa shape index (κ2) is 6.27. The topological polar surface area (TPSA) is 55.1 Å².